The van der Waals surface area contributed by atoms with Crippen LogP contribution in [-0.4, -0.2) is 146 Å². The molecule has 3 N–H and O–H groups in total. The maximum Gasteiger partial charge on any atom is 2.00 e. The largest absolute Gasteiger partial charge is 2.00 e. The number of aliphatic carboxylic acids is 1. The molecule has 1 fully saturated rings. The summed E-state index contributed by atoms with van der Waals surface area (Å²) in [5.74, 6) is 0.929. The number of nitro benzene ring substituents is 2. The number of non-ortho nitro benzene ring substituents is 2. The summed E-state index contributed by atoms with van der Waals surface area (Å²) in [5.41, 5.74) is -1.14. The second kappa shape index (κ2) is 121. The molecule has 3 rings (SSSR count). The van der Waals surface area contributed by atoms with Gasteiger partial charge in [-0.2, -0.15) is 6.42 Å². The molecule has 0 amide bonds. The van der Waals surface area contributed by atoms with Crippen LogP contribution in [0.1, 0.15) is 572 Å². The number of halogens is 2. The molecule has 0 radical (unpaired) electrons. The van der Waals surface area contributed by atoms with Gasteiger partial charge in [-0.25, -0.2) is 9.59 Å². The first-order valence-corrected chi connectivity index (χ1v) is 59.6. The number of unbranched alkanes of at least 4 members (excludes halogenated alkanes) is 35. The van der Waals surface area contributed by atoms with E-state index in [0.29, 0.717) is 152 Å². The molecule has 0 saturated carbocycles. The van der Waals surface area contributed by atoms with Gasteiger partial charge in [0.25, 0.3) is 11.4 Å². The molecule has 1 saturated heterocycles. The molecule has 1 aliphatic rings. The maximum absolute atomic E-state index is 12.4. The van der Waals surface area contributed by atoms with Crippen LogP contribution in [0.3, 0.4) is 0 Å². The zero-order chi connectivity index (χ0) is 111. The number of Topliss-reactive ketones (excluding diaryl/α,β-unsaturated/α-hetero) is 2. The van der Waals surface area contributed by atoms with Gasteiger partial charge < -0.3 is 72.4 Å². The molecule has 6 atom stereocenters. The summed E-state index contributed by atoms with van der Waals surface area (Å²) < 4.78 is 36.2. The van der Waals surface area contributed by atoms with Gasteiger partial charge in [0.15, 0.2) is 0 Å². The number of benzene rings is 2. The Morgan fingerprint density at radius 3 is 0.933 bits per heavy atom. The smallest absolute Gasteiger partial charge is 1.00 e. The third-order valence-corrected chi connectivity index (χ3v) is 26.0. The molecule has 0 bridgehead atoms. The van der Waals surface area contributed by atoms with E-state index in [2.05, 4.69) is 106 Å². The van der Waals surface area contributed by atoms with Crippen molar-refractivity contribution in [3.05, 3.63) is 75.7 Å². The van der Waals surface area contributed by atoms with Crippen LogP contribution in [-0.2, 0) is 62.0 Å². The molecule has 6 unspecified atom stereocenters. The molecule has 2 aromatic carbocycles. The van der Waals surface area contributed by atoms with Gasteiger partial charge in [-0.3, -0.25) is 58.6 Å². The number of esters is 5. The number of nitro groups is 2. The molecular weight excluding hydrogens is 2000 g/mol. The van der Waals surface area contributed by atoms with Crippen LogP contribution < -0.4 is 26.5 Å². The van der Waals surface area contributed by atoms with E-state index in [1.54, 1.807) is 0 Å². The fraction of sp³-hybridized carbons (Fsp3) is 0.810. The van der Waals surface area contributed by atoms with Gasteiger partial charge in [-0.1, -0.05) is 373 Å². The third kappa shape index (κ3) is 116. The van der Waals surface area contributed by atoms with Crippen LogP contribution >= 0.6 is 11.6 Å². The van der Waals surface area contributed by atoms with Crippen molar-refractivity contribution in [1.29, 1.82) is 0 Å². The molecule has 26 nitrogen and oxygen atoms in total. The van der Waals surface area contributed by atoms with E-state index in [1.165, 1.54) is 312 Å². The Labute approximate surface area is 942 Å². The first-order chi connectivity index (χ1) is 71.5. The predicted molar refractivity (Wildman–Crippen MR) is 609 cm³/mol. The van der Waals surface area contributed by atoms with Crippen molar-refractivity contribution in [3.63, 3.8) is 0 Å². The van der Waals surface area contributed by atoms with Gasteiger partial charge in [0.2, 0.25) is 0 Å². The molecule has 0 aromatic heterocycles. The maximum atomic E-state index is 12.4. The van der Waals surface area contributed by atoms with Gasteiger partial charge in [0, 0.05) is 107 Å². The second-order valence-corrected chi connectivity index (χ2v) is 40.5. The van der Waals surface area contributed by atoms with Gasteiger partial charge in [-0.05, 0) is 176 Å². The number of ketones is 2. The van der Waals surface area contributed by atoms with Crippen molar-refractivity contribution < 1.29 is 123 Å². The van der Waals surface area contributed by atoms with Crippen LogP contribution in [0.2, 0.25) is 0 Å². The number of carbonyl (C=O) groups excluding carboxylic acids is 9. The minimum Gasteiger partial charge on any atom is -1.00 e. The molecule has 1 heterocycles. The normalized spacial score (nSPS) is 12.3. The molecule has 870 valence electrons. The molecule has 29 heteroatoms. The van der Waals surface area contributed by atoms with E-state index in [1.807, 2.05) is 0 Å². The monoisotopic (exact) mass is 2220 g/mol. The molecule has 150 heavy (non-hydrogen) atoms. The Hall–Kier alpha value is -6.20. The van der Waals surface area contributed by atoms with Crippen LogP contribution in [0.15, 0.2) is 48.5 Å². The average Bonchev–Trinajstić information content (AvgIpc) is 0.877. The Morgan fingerprint density at radius 1 is 0.353 bits per heavy atom. The van der Waals surface area contributed by atoms with Crippen molar-refractivity contribution in [2.24, 2.45) is 23.7 Å². The summed E-state index contributed by atoms with van der Waals surface area (Å²) in [5, 5.41) is 48.5. The number of aliphatic hydroxyl groups excluding tert-OH is 2. The Morgan fingerprint density at radius 2 is 0.620 bits per heavy atom. The second-order valence-electron chi connectivity index (χ2n) is 40.2. The van der Waals surface area contributed by atoms with Crippen LogP contribution in [0, 0.1) is 50.8 Å². The van der Waals surface area contributed by atoms with Crippen molar-refractivity contribution in [3.8, 4) is 11.5 Å². The van der Waals surface area contributed by atoms with Crippen molar-refractivity contribution in [1.82, 2.24) is 0 Å². The summed E-state index contributed by atoms with van der Waals surface area (Å²) in [4.78, 5) is 133. The SMILES string of the molecule is CCCCCCC(CO)CCCC.CCCCCCCC(=O)CCCC(=O)O.CCCCCCCC(=O)CCCC(=O)OCC(CCCC)CCCCCC.CCCCCCCC(CCCC(=O)OCC(CCCC)CCCCCC)OC(=O)Oc1ccc([N+](=O)[O-])cc1.CCCCCCCC(O)CCCC(=O)OCC(CCCC)CCCCCC.O=C(Cl)Oc1ccc([N+](=O)[O-])cc1.O=C1CCCC(=O)O1.[Br-].[CH2-]CCCCC.[Mg+2]. The van der Waals surface area contributed by atoms with Crippen LogP contribution in [0.5, 0.6) is 11.5 Å². The number of ether oxygens (including phenoxy) is 7. The van der Waals surface area contributed by atoms with Crippen molar-refractivity contribution in [2.75, 3.05) is 26.4 Å². The zero-order valence-electron chi connectivity index (χ0n) is 96.9. The predicted octanol–water partition coefficient (Wildman–Crippen LogP) is 32.5. The molecule has 1 aliphatic heterocycles. The Balaban J connectivity index is -0.000000329. The topological polar surface area (TPSA) is 382 Å². The van der Waals surface area contributed by atoms with Crippen LogP contribution in [0.4, 0.5) is 21.0 Å². The standard InChI is InChI=1S/C31H51NO7.C24H48O3.C24H46O3.C12H22O3.C12H26O.C7H4ClNO4.C6H13.C5H6O3.BrH.Mg/c1-4-7-10-12-14-18-28(38-31(34)39-29-23-21-27(22-24-29)32(35)36)19-15-20-30(33)37-25-26(16-9-6-3)17-13-11-8-5-2;2*1-4-7-10-12-14-18-23(25)19-15-20-24(26)27-21-22(16-9-6-3)17-13-11-8-5-2;1-2-3-4-5-6-8-11(13)9-7-10-12(14)15;1-3-5-7-8-10-12(11-13)9-6-4-2;8-7(10)13-6-3-1-5(2-4-6)9(11)12;1-3-5-6-4-2;6-4-2-1-3-5(7)8-4;;/h21-24,26,28H,4-20,25H2,1-3H3;22-23,25H,4-21H2,1-3H3;22H,4-21H2,1-3H3;2-10H2,1H3,(H,14,15);12-13H,3-11H2,1-2H3;1-4H;1,3-6H2,2H3;1-3H2;1H;/q;;;;;;-1;;;+2/p-1. The minimum atomic E-state index is -0.978. The fourth-order valence-corrected chi connectivity index (χ4v) is 16.6. The number of nitrogens with zero attached hydrogens (tertiary/aromatic N) is 2. The summed E-state index contributed by atoms with van der Waals surface area (Å²) in [6.07, 6.45) is 76.5. The van der Waals surface area contributed by atoms with E-state index in [0.717, 1.165) is 116 Å². The average molecular weight is 2220 g/mol. The summed E-state index contributed by atoms with van der Waals surface area (Å²) in [6.45, 7) is 34.4. The van der Waals surface area contributed by atoms with E-state index >= 15 is 0 Å². The minimum absolute atomic E-state index is 0. The van der Waals surface area contributed by atoms with Crippen LogP contribution in [0.25, 0.3) is 0 Å². The number of rotatable bonds is 87. The van der Waals surface area contributed by atoms with Gasteiger partial charge in [0.05, 0.1) is 35.8 Å². The quantitative estimate of drug-likeness (QED) is 0.00529. The zero-order valence-corrected chi connectivity index (χ0v) is 101. The van der Waals surface area contributed by atoms with Gasteiger partial charge in [-0.15, -0.1) is 0 Å². The molecule has 0 spiro atoms. The van der Waals surface area contributed by atoms with Gasteiger partial charge >= 0.3 is 70.5 Å². The summed E-state index contributed by atoms with van der Waals surface area (Å²) in [7, 11) is 0. The van der Waals surface area contributed by atoms with Crippen molar-refractivity contribution in [2.45, 2.75) is 584 Å². The first kappa shape index (κ1) is 157. The number of carboxylic acids is 1. The van der Waals surface area contributed by atoms with E-state index in [9.17, 15) is 73.3 Å². The third-order valence-electron chi connectivity index (χ3n) is 25.9. The number of carbonyl (C=O) groups is 10. The van der Waals surface area contributed by atoms with E-state index < -0.39 is 27.4 Å². The first-order valence-electron chi connectivity index (χ1n) is 59.3. The molecular formula is C121H216BrClMgN2O24. The van der Waals surface area contributed by atoms with Crippen molar-refractivity contribution >= 4 is 105 Å². The van der Waals surface area contributed by atoms with Gasteiger partial charge in [0.1, 0.15) is 29.2 Å². The van der Waals surface area contributed by atoms with E-state index in [-0.39, 0.29) is 117 Å². The fourth-order valence-electron chi connectivity index (χ4n) is 16.5. The summed E-state index contributed by atoms with van der Waals surface area (Å²) in [6, 6.07) is 10.3. The summed E-state index contributed by atoms with van der Waals surface area (Å²) >= 11 is 4.92. The molecule has 2 aromatic rings. The number of hydrogen-bond donors (Lipinski definition) is 3. The number of cyclic esters (lactones) is 2. The molecule has 0 aliphatic carbocycles. The number of hydrogen-bond acceptors (Lipinski definition) is 23. The number of carboxylic acid groups (broad SMARTS) is 1. The van der Waals surface area contributed by atoms with E-state index in [4.69, 9.17) is 45.5 Å². The Kier molecular flexibility index (Phi) is 127. The Bertz CT molecular complexity index is 3420. The number of aliphatic hydroxyl groups is 2.